The Hall–Kier alpha value is -0.710. The van der Waals surface area contributed by atoms with Crippen molar-refractivity contribution >= 4 is 30.1 Å². The molecule has 1 aromatic rings. The monoisotopic (exact) mass is 314 g/mol. The lowest BCUT2D eigenvalue weighted by atomic mass is 10.1. The van der Waals surface area contributed by atoms with Gasteiger partial charge < -0.3 is 10.6 Å². The predicted molar refractivity (Wildman–Crippen MR) is 88.2 cm³/mol. The highest BCUT2D eigenvalue weighted by Gasteiger charge is 2.28. The SMILES string of the molecule is CC(SCc1ccccc1)C(=O)N1CCC(CN)C1.Cl. The van der Waals surface area contributed by atoms with E-state index in [4.69, 9.17) is 5.73 Å². The number of carbonyl (C=O) groups is 1. The van der Waals surface area contributed by atoms with Gasteiger partial charge >= 0.3 is 0 Å². The van der Waals surface area contributed by atoms with Crippen LogP contribution in [0.25, 0.3) is 0 Å². The van der Waals surface area contributed by atoms with E-state index in [0.717, 1.165) is 25.3 Å². The van der Waals surface area contributed by atoms with Crippen molar-refractivity contribution in [1.29, 1.82) is 0 Å². The highest BCUT2D eigenvalue weighted by atomic mass is 35.5. The number of rotatable bonds is 5. The second kappa shape index (κ2) is 8.55. The molecule has 0 spiro atoms. The summed E-state index contributed by atoms with van der Waals surface area (Å²) in [4.78, 5) is 14.3. The average molecular weight is 315 g/mol. The van der Waals surface area contributed by atoms with Crippen molar-refractivity contribution < 1.29 is 4.79 Å². The fraction of sp³-hybridized carbons (Fsp3) is 0.533. The smallest absolute Gasteiger partial charge is 0.235 e. The van der Waals surface area contributed by atoms with E-state index in [2.05, 4.69) is 12.1 Å². The second-order valence-electron chi connectivity index (χ2n) is 5.11. The molecule has 3 nitrogen and oxygen atoms in total. The predicted octanol–water partition coefficient (Wildman–Crippen LogP) is 2.54. The number of nitrogens with zero attached hydrogens (tertiary/aromatic N) is 1. The number of hydrogen-bond acceptors (Lipinski definition) is 3. The molecule has 0 aromatic heterocycles. The summed E-state index contributed by atoms with van der Waals surface area (Å²) in [5.41, 5.74) is 6.94. The fourth-order valence-electron chi connectivity index (χ4n) is 2.35. The molecule has 2 rings (SSSR count). The summed E-state index contributed by atoms with van der Waals surface area (Å²) in [5.74, 6) is 1.65. The van der Waals surface area contributed by atoms with Crippen LogP contribution in [-0.4, -0.2) is 35.7 Å². The van der Waals surface area contributed by atoms with E-state index in [0.29, 0.717) is 12.5 Å². The lowest BCUT2D eigenvalue weighted by Gasteiger charge is -2.20. The lowest BCUT2D eigenvalue weighted by molar-refractivity contribution is -0.129. The first-order chi connectivity index (χ1) is 9.20. The van der Waals surface area contributed by atoms with Crippen LogP contribution in [0.2, 0.25) is 0 Å². The minimum absolute atomic E-state index is 0. The van der Waals surface area contributed by atoms with Crippen molar-refractivity contribution in [3.8, 4) is 0 Å². The number of likely N-dealkylation sites (tertiary alicyclic amines) is 1. The zero-order valence-corrected chi connectivity index (χ0v) is 13.5. The molecule has 0 aliphatic carbocycles. The molecule has 1 fully saturated rings. The van der Waals surface area contributed by atoms with E-state index in [1.54, 1.807) is 11.8 Å². The van der Waals surface area contributed by atoms with Crippen molar-refractivity contribution in [3.63, 3.8) is 0 Å². The third kappa shape index (κ3) is 4.69. The Morgan fingerprint density at radius 3 is 2.75 bits per heavy atom. The van der Waals surface area contributed by atoms with Crippen LogP contribution in [0.4, 0.5) is 0 Å². The number of nitrogens with two attached hydrogens (primary N) is 1. The number of thioether (sulfide) groups is 1. The van der Waals surface area contributed by atoms with E-state index >= 15 is 0 Å². The molecule has 2 N–H and O–H groups in total. The Balaban J connectivity index is 0.00000200. The van der Waals surface area contributed by atoms with Crippen LogP contribution in [-0.2, 0) is 10.5 Å². The maximum absolute atomic E-state index is 12.3. The molecule has 1 heterocycles. The average Bonchev–Trinajstić information content (AvgIpc) is 2.94. The summed E-state index contributed by atoms with van der Waals surface area (Å²) in [7, 11) is 0. The van der Waals surface area contributed by atoms with Crippen molar-refractivity contribution in [2.24, 2.45) is 11.7 Å². The van der Waals surface area contributed by atoms with E-state index in [-0.39, 0.29) is 23.6 Å². The van der Waals surface area contributed by atoms with Gasteiger partial charge in [0.2, 0.25) is 5.91 Å². The maximum atomic E-state index is 12.3. The summed E-state index contributed by atoms with van der Waals surface area (Å²) in [6, 6.07) is 10.3. The minimum Gasteiger partial charge on any atom is -0.341 e. The third-order valence-electron chi connectivity index (χ3n) is 3.62. The Bertz CT molecular complexity index is 416. The van der Waals surface area contributed by atoms with Gasteiger partial charge in [0, 0.05) is 18.8 Å². The number of hydrogen-bond donors (Lipinski definition) is 1. The number of carbonyl (C=O) groups excluding carboxylic acids is 1. The Kier molecular flexibility index (Phi) is 7.41. The molecule has 1 aromatic carbocycles. The van der Waals surface area contributed by atoms with Crippen LogP contribution in [0.1, 0.15) is 18.9 Å². The zero-order valence-electron chi connectivity index (χ0n) is 11.8. The molecule has 1 aliphatic rings. The van der Waals surface area contributed by atoms with Crippen LogP contribution in [0.5, 0.6) is 0 Å². The van der Waals surface area contributed by atoms with Gasteiger partial charge in [0.05, 0.1) is 5.25 Å². The Morgan fingerprint density at radius 1 is 1.45 bits per heavy atom. The molecule has 1 amide bonds. The van der Waals surface area contributed by atoms with Gasteiger partial charge in [-0.05, 0) is 31.4 Å². The van der Waals surface area contributed by atoms with Crippen LogP contribution >= 0.6 is 24.2 Å². The first-order valence-corrected chi connectivity index (χ1v) is 7.90. The number of benzene rings is 1. The minimum atomic E-state index is 0. The van der Waals surface area contributed by atoms with Crippen LogP contribution in [0.3, 0.4) is 0 Å². The maximum Gasteiger partial charge on any atom is 0.235 e. The lowest BCUT2D eigenvalue weighted by Crippen LogP contribution is -2.35. The molecule has 20 heavy (non-hydrogen) atoms. The first kappa shape index (κ1) is 17.3. The Labute approximate surface area is 131 Å². The van der Waals surface area contributed by atoms with E-state index in [1.807, 2.05) is 30.0 Å². The molecule has 1 saturated heterocycles. The Morgan fingerprint density at radius 2 is 2.15 bits per heavy atom. The molecule has 5 heteroatoms. The molecule has 2 atom stereocenters. The zero-order chi connectivity index (χ0) is 13.7. The fourth-order valence-corrected chi connectivity index (χ4v) is 3.28. The van der Waals surface area contributed by atoms with Gasteiger partial charge in [0.15, 0.2) is 0 Å². The van der Waals surface area contributed by atoms with E-state index in [9.17, 15) is 4.79 Å². The standard InChI is InChI=1S/C15H22N2OS.ClH/c1-12(19-11-13-5-3-2-4-6-13)15(18)17-8-7-14(9-16)10-17;/h2-6,12,14H,7-11,16H2,1H3;1H. The van der Waals surface area contributed by atoms with Gasteiger partial charge in [-0.1, -0.05) is 30.3 Å². The third-order valence-corrected chi connectivity index (χ3v) is 4.82. The van der Waals surface area contributed by atoms with Crippen LogP contribution in [0, 0.1) is 5.92 Å². The summed E-state index contributed by atoms with van der Waals surface area (Å²) in [6.45, 7) is 4.41. The highest BCUT2D eigenvalue weighted by Crippen LogP contribution is 2.22. The van der Waals surface area contributed by atoms with Gasteiger partial charge in [-0.2, -0.15) is 0 Å². The van der Waals surface area contributed by atoms with Crippen molar-refractivity contribution in [3.05, 3.63) is 35.9 Å². The molecule has 0 bridgehead atoms. The topological polar surface area (TPSA) is 46.3 Å². The van der Waals surface area contributed by atoms with Gasteiger partial charge in [0.1, 0.15) is 0 Å². The van der Waals surface area contributed by atoms with Crippen LogP contribution in [0.15, 0.2) is 30.3 Å². The van der Waals surface area contributed by atoms with Crippen molar-refractivity contribution in [1.82, 2.24) is 4.90 Å². The molecule has 112 valence electrons. The van der Waals surface area contributed by atoms with Gasteiger partial charge in [-0.3, -0.25) is 4.79 Å². The number of halogens is 1. The summed E-state index contributed by atoms with van der Waals surface area (Å²) >= 11 is 1.71. The van der Waals surface area contributed by atoms with E-state index < -0.39 is 0 Å². The second-order valence-corrected chi connectivity index (χ2v) is 6.44. The van der Waals surface area contributed by atoms with Gasteiger partial charge in [-0.25, -0.2) is 0 Å². The largest absolute Gasteiger partial charge is 0.341 e. The molecular weight excluding hydrogens is 292 g/mol. The summed E-state index contributed by atoms with van der Waals surface area (Å²) in [5, 5.41) is 0.0248. The normalized spacial score (nSPS) is 19.5. The van der Waals surface area contributed by atoms with Crippen LogP contribution < -0.4 is 5.73 Å². The highest BCUT2D eigenvalue weighted by molar-refractivity contribution is 7.99. The van der Waals surface area contributed by atoms with E-state index in [1.165, 1.54) is 5.56 Å². The van der Waals surface area contributed by atoms with Gasteiger partial charge in [-0.15, -0.1) is 24.2 Å². The molecule has 1 aliphatic heterocycles. The summed E-state index contributed by atoms with van der Waals surface area (Å²) in [6.07, 6.45) is 1.05. The van der Waals surface area contributed by atoms with Gasteiger partial charge in [0.25, 0.3) is 0 Å². The number of amides is 1. The molecule has 0 saturated carbocycles. The molecule has 2 unspecified atom stereocenters. The first-order valence-electron chi connectivity index (χ1n) is 6.85. The van der Waals surface area contributed by atoms with Crippen molar-refractivity contribution in [2.75, 3.05) is 19.6 Å². The van der Waals surface area contributed by atoms with Crippen molar-refractivity contribution in [2.45, 2.75) is 24.3 Å². The quantitative estimate of drug-likeness (QED) is 0.908. The summed E-state index contributed by atoms with van der Waals surface area (Å²) < 4.78 is 0. The molecule has 0 radical (unpaired) electrons. The molecular formula is C15H23ClN2OS.